The van der Waals surface area contributed by atoms with Crippen LogP contribution in [0.15, 0.2) is 18.2 Å². The SMILES string of the molecule is COc1cccc2c(CCNC(C)(C)C)c(C)[nH]c12. The fraction of sp³-hybridized carbons (Fsp3) is 0.500. The third-order valence-corrected chi connectivity index (χ3v) is 3.37. The topological polar surface area (TPSA) is 37.0 Å². The molecule has 0 unspecified atom stereocenters. The number of ether oxygens (including phenoxy) is 1. The van der Waals surface area contributed by atoms with Gasteiger partial charge in [-0.15, -0.1) is 0 Å². The Bertz CT molecular complexity index is 564. The molecule has 19 heavy (non-hydrogen) atoms. The van der Waals surface area contributed by atoms with Crippen LogP contribution >= 0.6 is 0 Å². The first-order valence-electron chi connectivity index (χ1n) is 6.81. The lowest BCUT2D eigenvalue weighted by Crippen LogP contribution is -2.37. The highest BCUT2D eigenvalue weighted by atomic mass is 16.5. The van der Waals surface area contributed by atoms with Crippen molar-refractivity contribution in [3.05, 3.63) is 29.5 Å². The lowest BCUT2D eigenvalue weighted by molar-refractivity contribution is 0.419. The van der Waals surface area contributed by atoms with Gasteiger partial charge in [-0.05, 0) is 52.3 Å². The smallest absolute Gasteiger partial charge is 0.142 e. The molecule has 1 aromatic heterocycles. The molecule has 0 spiro atoms. The van der Waals surface area contributed by atoms with Crippen LogP contribution in [0.3, 0.4) is 0 Å². The van der Waals surface area contributed by atoms with Gasteiger partial charge in [-0.1, -0.05) is 12.1 Å². The number of methoxy groups -OCH3 is 1. The van der Waals surface area contributed by atoms with Crippen LogP contribution in [0, 0.1) is 6.92 Å². The van der Waals surface area contributed by atoms with Crippen LogP contribution in [0.2, 0.25) is 0 Å². The quantitative estimate of drug-likeness (QED) is 0.884. The van der Waals surface area contributed by atoms with Gasteiger partial charge in [0.2, 0.25) is 0 Å². The maximum Gasteiger partial charge on any atom is 0.142 e. The standard InChI is InChI=1S/C16H24N2O/c1-11-12(9-10-17-16(2,3)4)13-7-6-8-14(19-5)15(13)18-11/h6-8,17-18H,9-10H2,1-5H3. The van der Waals surface area contributed by atoms with Crippen LogP contribution in [0.4, 0.5) is 0 Å². The highest BCUT2D eigenvalue weighted by Crippen LogP contribution is 2.29. The lowest BCUT2D eigenvalue weighted by Gasteiger charge is -2.20. The molecule has 0 amide bonds. The number of rotatable bonds is 4. The Morgan fingerprint density at radius 1 is 1.26 bits per heavy atom. The van der Waals surface area contributed by atoms with Crippen molar-refractivity contribution in [2.75, 3.05) is 13.7 Å². The van der Waals surface area contributed by atoms with Gasteiger partial charge in [0, 0.05) is 16.6 Å². The van der Waals surface area contributed by atoms with E-state index in [9.17, 15) is 0 Å². The van der Waals surface area contributed by atoms with Crippen molar-refractivity contribution in [1.29, 1.82) is 0 Å². The molecule has 0 aliphatic carbocycles. The predicted octanol–water partition coefficient (Wildman–Crippen LogP) is 3.42. The van der Waals surface area contributed by atoms with Gasteiger partial charge in [-0.25, -0.2) is 0 Å². The van der Waals surface area contributed by atoms with E-state index in [4.69, 9.17) is 4.74 Å². The molecule has 104 valence electrons. The fourth-order valence-corrected chi connectivity index (χ4v) is 2.43. The minimum absolute atomic E-state index is 0.164. The molecular formula is C16H24N2O. The molecule has 0 atom stereocenters. The van der Waals surface area contributed by atoms with E-state index in [2.05, 4.69) is 50.1 Å². The summed E-state index contributed by atoms with van der Waals surface area (Å²) in [4.78, 5) is 3.44. The van der Waals surface area contributed by atoms with Gasteiger partial charge in [-0.2, -0.15) is 0 Å². The molecule has 2 rings (SSSR count). The first kappa shape index (κ1) is 13.9. The van der Waals surface area contributed by atoms with Gasteiger partial charge >= 0.3 is 0 Å². The number of aromatic amines is 1. The highest BCUT2D eigenvalue weighted by molar-refractivity contribution is 5.89. The maximum atomic E-state index is 5.41. The zero-order valence-electron chi connectivity index (χ0n) is 12.6. The second-order valence-corrected chi connectivity index (χ2v) is 6.04. The first-order chi connectivity index (χ1) is 8.92. The molecule has 0 aliphatic rings. The summed E-state index contributed by atoms with van der Waals surface area (Å²) >= 11 is 0. The number of para-hydroxylation sites is 1. The van der Waals surface area contributed by atoms with Crippen molar-refractivity contribution in [3.63, 3.8) is 0 Å². The Kier molecular flexibility index (Phi) is 3.85. The third-order valence-electron chi connectivity index (χ3n) is 3.37. The molecule has 1 heterocycles. The predicted molar refractivity (Wildman–Crippen MR) is 81.0 cm³/mol. The number of benzene rings is 1. The molecule has 2 N–H and O–H groups in total. The van der Waals surface area contributed by atoms with Crippen molar-refractivity contribution in [3.8, 4) is 5.75 Å². The van der Waals surface area contributed by atoms with Gasteiger partial charge in [0.15, 0.2) is 0 Å². The van der Waals surface area contributed by atoms with E-state index in [0.717, 1.165) is 24.2 Å². The molecule has 0 radical (unpaired) electrons. The zero-order chi connectivity index (χ0) is 14.0. The summed E-state index contributed by atoms with van der Waals surface area (Å²) < 4.78 is 5.41. The summed E-state index contributed by atoms with van der Waals surface area (Å²) in [6, 6.07) is 6.21. The van der Waals surface area contributed by atoms with E-state index in [1.54, 1.807) is 7.11 Å². The van der Waals surface area contributed by atoms with E-state index >= 15 is 0 Å². The van der Waals surface area contributed by atoms with Crippen LogP contribution in [-0.4, -0.2) is 24.2 Å². The van der Waals surface area contributed by atoms with Crippen LogP contribution in [-0.2, 0) is 6.42 Å². The number of aryl methyl sites for hydroxylation is 1. The highest BCUT2D eigenvalue weighted by Gasteiger charge is 2.13. The van der Waals surface area contributed by atoms with Crippen molar-refractivity contribution in [2.24, 2.45) is 0 Å². The number of aromatic nitrogens is 1. The van der Waals surface area contributed by atoms with Crippen molar-refractivity contribution < 1.29 is 4.74 Å². The van der Waals surface area contributed by atoms with Gasteiger partial charge in [0.25, 0.3) is 0 Å². The van der Waals surface area contributed by atoms with Gasteiger partial charge < -0.3 is 15.0 Å². The first-order valence-corrected chi connectivity index (χ1v) is 6.81. The van der Waals surface area contributed by atoms with E-state index in [0.29, 0.717) is 0 Å². The summed E-state index contributed by atoms with van der Waals surface area (Å²) in [7, 11) is 1.71. The van der Waals surface area contributed by atoms with E-state index < -0.39 is 0 Å². The van der Waals surface area contributed by atoms with Gasteiger partial charge in [-0.3, -0.25) is 0 Å². The van der Waals surface area contributed by atoms with Crippen LogP contribution in [0.1, 0.15) is 32.0 Å². The zero-order valence-corrected chi connectivity index (χ0v) is 12.6. The molecule has 0 saturated heterocycles. The number of hydrogen-bond acceptors (Lipinski definition) is 2. The summed E-state index contributed by atoms with van der Waals surface area (Å²) in [5.41, 5.74) is 3.88. The average molecular weight is 260 g/mol. The minimum atomic E-state index is 0.164. The maximum absolute atomic E-state index is 5.41. The Labute approximate surface area is 115 Å². The number of H-pyrrole nitrogens is 1. The molecule has 2 aromatic rings. The molecule has 0 fully saturated rings. The summed E-state index contributed by atoms with van der Waals surface area (Å²) in [6.07, 6.45) is 1.02. The molecule has 0 saturated carbocycles. The van der Waals surface area contributed by atoms with Crippen LogP contribution in [0.25, 0.3) is 10.9 Å². The average Bonchev–Trinajstić information content (AvgIpc) is 2.64. The van der Waals surface area contributed by atoms with Crippen molar-refractivity contribution >= 4 is 10.9 Å². The Hall–Kier alpha value is -1.48. The van der Waals surface area contributed by atoms with Gasteiger partial charge in [0.1, 0.15) is 5.75 Å². The van der Waals surface area contributed by atoms with E-state index in [1.165, 1.54) is 16.6 Å². The molecule has 3 heteroatoms. The monoisotopic (exact) mass is 260 g/mol. The molecule has 1 aromatic carbocycles. The molecule has 0 aliphatic heterocycles. The fourth-order valence-electron chi connectivity index (χ4n) is 2.43. The van der Waals surface area contributed by atoms with E-state index in [-0.39, 0.29) is 5.54 Å². The van der Waals surface area contributed by atoms with Crippen LogP contribution < -0.4 is 10.1 Å². The normalized spacial score (nSPS) is 12.1. The molecule has 0 bridgehead atoms. The Morgan fingerprint density at radius 2 is 2.00 bits per heavy atom. The second-order valence-electron chi connectivity index (χ2n) is 6.04. The third kappa shape index (κ3) is 3.10. The lowest BCUT2D eigenvalue weighted by atomic mass is 10.1. The molecule has 3 nitrogen and oxygen atoms in total. The largest absolute Gasteiger partial charge is 0.495 e. The Balaban J connectivity index is 2.26. The summed E-state index contributed by atoms with van der Waals surface area (Å²) in [5.74, 6) is 0.913. The van der Waals surface area contributed by atoms with Gasteiger partial charge in [0.05, 0.1) is 12.6 Å². The Morgan fingerprint density at radius 3 is 2.63 bits per heavy atom. The molecular weight excluding hydrogens is 236 g/mol. The van der Waals surface area contributed by atoms with Crippen molar-refractivity contribution in [2.45, 2.75) is 39.7 Å². The number of nitrogens with one attached hydrogen (secondary N) is 2. The number of hydrogen-bond donors (Lipinski definition) is 2. The summed E-state index contributed by atoms with van der Waals surface area (Å²) in [6.45, 7) is 9.69. The number of fused-ring (bicyclic) bond motifs is 1. The second kappa shape index (κ2) is 5.25. The minimum Gasteiger partial charge on any atom is -0.495 e. The van der Waals surface area contributed by atoms with Crippen LogP contribution in [0.5, 0.6) is 5.75 Å². The van der Waals surface area contributed by atoms with Crippen molar-refractivity contribution in [1.82, 2.24) is 10.3 Å². The summed E-state index contributed by atoms with van der Waals surface area (Å²) in [5, 5.41) is 4.81. The van der Waals surface area contributed by atoms with E-state index in [1.807, 2.05) is 6.07 Å².